The molecule has 2 amide bonds. The Labute approximate surface area is 142 Å². The van der Waals surface area contributed by atoms with Gasteiger partial charge in [0.2, 0.25) is 18.6 Å². The maximum Gasteiger partial charge on any atom is 0.243 e. The van der Waals surface area contributed by atoms with Gasteiger partial charge < -0.3 is 20.1 Å². The number of carbonyl (C=O) groups is 2. The molecule has 0 bridgehead atoms. The van der Waals surface area contributed by atoms with E-state index in [2.05, 4.69) is 10.6 Å². The highest BCUT2D eigenvalue weighted by molar-refractivity contribution is 5.89. The zero-order valence-electron chi connectivity index (χ0n) is 14.9. The van der Waals surface area contributed by atoms with Gasteiger partial charge in [-0.1, -0.05) is 40.7 Å². The molecule has 24 heavy (non-hydrogen) atoms. The molecule has 0 spiro atoms. The minimum Gasteiger partial charge on any atom is -0.454 e. The van der Waals surface area contributed by atoms with Gasteiger partial charge in [0.05, 0.1) is 0 Å². The average Bonchev–Trinajstić information content (AvgIpc) is 2.96. The van der Waals surface area contributed by atoms with Crippen molar-refractivity contribution in [2.75, 3.05) is 6.79 Å². The van der Waals surface area contributed by atoms with Crippen molar-refractivity contribution < 1.29 is 19.1 Å². The molecule has 0 saturated carbocycles. The molecule has 1 atom stereocenters. The van der Waals surface area contributed by atoms with Crippen LogP contribution in [0.3, 0.4) is 0 Å². The first kappa shape index (κ1) is 18.1. The Hall–Kier alpha value is -2.24. The van der Waals surface area contributed by atoms with E-state index in [1.807, 2.05) is 52.8 Å². The van der Waals surface area contributed by atoms with Crippen LogP contribution in [0, 0.1) is 11.3 Å². The molecule has 0 radical (unpaired) electrons. The van der Waals surface area contributed by atoms with E-state index in [4.69, 9.17) is 9.47 Å². The maximum absolute atomic E-state index is 12.5. The van der Waals surface area contributed by atoms with Crippen molar-refractivity contribution in [3.63, 3.8) is 0 Å². The lowest BCUT2D eigenvalue weighted by molar-refractivity contribution is -0.134. The minimum absolute atomic E-state index is 0.00643. The third-order valence-corrected chi connectivity index (χ3v) is 3.82. The van der Waals surface area contributed by atoms with E-state index in [1.165, 1.54) is 0 Å². The summed E-state index contributed by atoms with van der Waals surface area (Å²) in [5, 5.41) is 5.72. The molecule has 0 aliphatic carbocycles. The molecule has 2 N–H and O–H groups in total. The molecule has 2 rings (SSSR count). The number of hydrogen-bond donors (Lipinski definition) is 2. The van der Waals surface area contributed by atoms with Gasteiger partial charge >= 0.3 is 0 Å². The van der Waals surface area contributed by atoms with Gasteiger partial charge in [-0.15, -0.1) is 0 Å². The number of carbonyl (C=O) groups excluding carboxylic acids is 2. The Morgan fingerprint density at radius 3 is 2.46 bits per heavy atom. The molecule has 132 valence electrons. The van der Waals surface area contributed by atoms with Crippen LogP contribution in [0.2, 0.25) is 0 Å². The molecule has 6 nitrogen and oxygen atoms in total. The van der Waals surface area contributed by atoms with E-state index in [-0.39, 0.29) is 24.5 Å². The second-order valence-corrected chi connectivity index (χ2v) is 7.35. The molecule has 1 aliphatic heterocycles. The number of fused-ring (bicyclic) bond motifs is 1. The van der Waals surface area contributed by atoms with E-state index in [1.54, 1.807) is 0 Å². The van der Waals surface area contributed by atoms with Crippen molar-refractivity contribution in [3.05, 3.63) is 23.8 Å². The molecule has 0 aromatic heterocycles. The standard InChI is InChI=1S/C18H26N2O4/c1-11(2)15(20-17(22)18(3,4)5)16(21)19-9-12-6-7-13-14(8-12)24-10-23-13/h6-8,11,15H,9-10H2,1-5H3,(H,19,21)(H,20,22)/t15-/m1/s1. The highest BCUT2D eigenvalue weighted by atomic mass is 16.7. The zero-order chi connectivity index (χ0) is 17.9. The Balaban J connectivity index is 1.97. The van der Waals surface area contributed by atoms with E-state index in [9.17, 15) is 9.59 Å². The van der Waals surface area contributed by atoms with Gasteiger partial charge in [0.25, 0.3) is 0 Å². The van der Waals surface area contributed by atoms with Crippen LogP contribution in [0.25, 0.3) is 0 Å². The summed E-state index contributed by atoms with van der Waals surface area (Å²) in [6.45, 7) is 9.88. The maximum atomic E-state index is 12.5. The lowest BCUT2D eigenvalue weighted by Gasteiger charge is -2.26. The van der Waals surface area contributed by atoms with Crippen LogP contribution in [0.15, 0.2) is 18.2 Å². The summed E-state index contributed by atoms with van der Waals surface area (Å²) in [6, 6.07) is 4.99. The SMILES string of the molecule is CC(C)[C@@H](NC(=O)C(C)(C)C)C(=O)NCc1ccc2c(c1)OCO2. The quantitative estimate of drug-likeness (QED) is 0.866. The van der Waals surface area contributed by atoms with Crippen molar-refractivity contribution in [2.24, 2.45) is 11.3 Å². The second kappa shape index (κ2) is 7.11. The molecule has 1 aliphatic rings. The zero-order valence-corrected chi connectivity index (χ0v) is 14.9. The van der Waals surface area contributed by atoms with Gasteiger partial charge in [-0.3, -0.25) is 9.59 Å². The van der Waals surface area contributed by atoms with Crippen molar-refractivity contribution >= 4 is 11.8 Å². The molecule has 0 saturated heterocycles. The molecule has 1 aromatic carbocycles. The van der Waals surface area contributed by atoms with E-state index < -0.39 is 11.5 Å². The van der Waals surface area contributed by atoms with Crippen LogP contribution in [-0.2, 0) is 16.1 Å². The minimum atomic E-state index is -0.564. The van der Waals surface area contributed by atoms with E-state index in [0.29, 0.717) is 18.0 Å². The average molecular weight is 334 g/mol. The Kier molecular flexibility index (Phi) is 5.36. The fourth-order valence-electron chi connectivity index (χ4n) is 2.24. The van der Waals surface area contributed by atoms with Crippen LogP contribution in [0.4, 0.5) is 0 Å². The summed E-state index contributed by atoms with van der Waals surface area (Å²) in [4.78, 5) is 24.6. The summed E-state index contributed by atoms with van der Waals surface area (Å²) in [7, 11) is 0. The van der Waals surface area contributed by atoms with Crippen molar-refractivity contribution in [3.8, 4) is 11.5 Å². The number of benzene rings is 1. The Bertz CT molecular complexity index is 620. The smallest absolute Gasteiger partial charge is 0.243 e. The Morgan fingerprint density at radius 1 is 1.17 bits per heavy atom. The third-order valence-electron chi connectivity index (χ3n) is 3.82. The molecular weight excluding hydrogens is 308 g/mol. The molecular formula is C18H26N2O4. The number of amides is 2. The van der Waals surface area contributed by atoms with Crippen LogP contribution >= 0.6 is 0 Å². The van der Waals surface area contributed by atoms with Crippen molar-refractivity contribution in [1.82, 2.24) is 10.6 Å². The van der Waals surface area contributed by atoms with Crippen LogP contribution in [-0.4, -0.2) is 24.6 Å². The van der Waals surface area contributed by atoms with Crippen LogP contribution in [0.1, 0.15) is 40.2 Å². The Morgan fingerprint density at radius 2 is 1.83 bits per heavy atom. The first-order valence-corrected chi connectivity index (χ1v) is 8.15. The second-order valence-electron chi connectivity index (χ2n) is 7.35. The van der Waals surface area contributed by atoms with Gasteiger partial charge in [0, 0.05) is 12.0 Å². The summed E-state index contributed by atoms with van der Waals surface area (Å²) in [6.07, 6.45) is 0. The van der Waals surface area contributed by atoms with Crippen LogP contribution in [0.5, 0.6) is 11.5 Å². The highest BCUT2D eigenvalue weighted by Gasteiger charge is 2.29. The van der Waals surface area contributed by atoms with Crippen molar-refractivity contribution in [1.29, 1.82) is 0 Å². The number of hydrogen-bond acceptors (Lipinski definition) is 4. The van der Waals surface area contributed by atoms with Gasteiger partial charge in [-0.2, -0.15) is 0 Å². The van der Waals surface area contributed by atoms with Crippen molar-refractivity contribution in [2.45, 2.75) is 47.2 Å². The topological polar surface area (TPSA) is 76.7 Å². The highest BCUT2D eigenvalue weighted by Crippen LogP contribution is 2.32. The summed E-state index contributed by atoms with van der Waals surface area (Å²) < 4.78 is 10.6. The normalized spacial score (nSPS) is 14.4. The number of nitrogens with one attached hydrogen (secondary N) is 2. The largest absolute Gasteiger partial charge is 0.454 e. The third kappa shape index (κ3) is 4.40. The molecule has 0 fully saturated rings. The lowest BCUT2D eigenvalue weighted by atomic mass is 9.93. The predicted molar refractivity (Wildman–Crippen MR) is 90.6 cm³/mol. The fourth-order valence-corrected chi connectivity index (χ4v) is 2.24. The van der Waals surface area contributed by atoms with Gasteiger partial charge in [-0.25, -0.2) is 0 Å². The first-order chi connectivity index (χ1) is 11.2. The molecule has 1 aromatic rings. The number of rotatable bonds is 5. The van der Waals surface area contributed by atoms with Gasteiger partial charge in [-0.05, 0) is 23.6 Å². The molecule has 0 unspecified atom stereocenters. The fraction of sp³-hybridized carbons (Fsp3) is 0.556. The number of ether oxygens (including phenoxy) is 2. The predicted octanol–water partition coefficient (Wildman–Crippen LogP) is 2.22. The van der Waals surface area contributed by atoms with Gasteiger partial charge in [0.15, 0.2) is 11.5 Å². The lowest BCUT2D eigenvalue weighted by Crippen LogP contribution is -2.52. The molecule has 1 heterocycles. The summed E-state index contributed by atoms with van der Waals surface area (Å²) in [5.74, 6) is 1.05. The van der Waals surface area contributed by atoms with Crippen LogP contribution < -0.4 is 20.1 Å². The monoisotopic (exact) mass is 334 g/mol. The molecule has 6 heteroatoms. The van der Waals surface area contributed by atoms with E-state index >= 15 is 0 Å². The summed E-state index contributed by atoms with van der Waals surface area (Å²) >= 11 is 0. The van der Waals surface area contributed by atoms with Gasteiger partial charge in [0.1, 0.15) is 6.04 Å². The summed E-state index contributed by atoms with van der Waals surface area (Å²) in [5.41, 5.74) is 0.377. The first-order valence-electron chi connectivity index (χ1n) is 8.15. The van der Waals surface area contributed by atoms with E-state index in [0.717, 1.165) is 5.56 Å².